The Morgan fingerprint density at radius 1 is 0.750 bits per heavy atom. The molecule has 2 nitrogen and oxygen atoms in total. The summed E-state index contributed by atoms with van der Waals surface area (Å²) >= 11 is 0. The second kappa shape index (κ2) is 14.1. The second-order valence-electron chi connectivity index (χ2n) is 8.50. The lowest BCUT2D eigenvalue weighted by Gasteiger charge is -2.35. The van der Waals surface area contributed by atoms with E-state index in [1.54, 1.807) is 0 Å². The quantitative estimate of drug-likeness (QED) is 0.267. The molecule has 1 aliphatic rings. The van der Waals surface area contributed by atoms with Crippen molar-refractivity contribution in [1.82, 2.24) is 0 Å². The number of likely N-dealkylation sites (tertiary alicyclic amines) is 1. The maximum Gasteiger partial charge on any atom is 0.112 e. The minimum absolute atomic E-state index is 0.384. The summed E-state index contributed by atoms with van der Waals surface area (Å²) in [5, 5.41) is 9.50. The summed E-state index contributed by atoms with van der Waals surface area (Å²) in [6.45, 7) is 5.24. The number of hydrogen-bond acceptors (Lipinski definition) is 1. The second-order valence-corrected chi connectivity index (χ2v) is 8.50. The van der Waals surface area contributed by atoms with Crippen LogP contribution < -0.4 is 0 Å². The molecule has 24 heavy (non-hydrogen) atoms. The van der Waals surface area contributed by atoms with Crippen molar-refractivity contribution in [3.63, 3.8) is 0 Å². The van der Waals surface area contributed by atoms with E-state index in [0.717, 1.165) is 4.48 Å². The van der Waals surface area contributed by atoms with Crippen molar-refractivity contribution in [3.05, 3.63) is 0 Å². The van der Waals surface area contributed by atoms with Gasteiger partial charge in [-0.2, -0.15) is 0 Å². The van der Waals surface area contributed by atoms with E-state index in [2.05, 4.69) is 14.0 Å². The van der Waals surface area contributed by atoms with E-state index in [9.17, 15) is 5.11 Å². The van der Waals surface area contributed by atoms with Gasteiger partial charge in [0, 0.05) is 12.8 Å². The lowest BCUT2D eigenvalue weighted by Crippen LogP contribution is -2.50. The first-order chi connectivity index (χ1) is 11.7. The van der Waals surface area contributed by atoms with E-state index in [1.807, 2.05) is 0 Å². The van der Waals surface area contributed by atoms with Crippen molar-refractivity contribution >= 4 is 0 Å². The monoisotopic (exact) mass is 340 g/mol. The Labute approximate surface area is 152 Å². The standard InChI is InChI=1S/C22H46NO/c1-3-4-5-6-7-8-9-10-11-12-13-14-15-16-19-23(2)20-17-18-22(23)21-24/h22,24H,3-21H2,1-2H3/q+1/t22-,23?/m1/s1. The van der Waals surface area contributed by atoms with Crippen LogP contribution in [0.1, 0.15) is 110 Å². The first kappa shape index (κ1) is 22.0. The zero-order valence-electron chi connectivity index (χ0n) is 16.9. The molecule has 0 aromatic carbocycles. The fraction of sp³-hybridized carbons (Fsp3) is 1.00. The van der Waals surface area contributed by atoms with Gasteiger partial charge in [-0.3, -0.25) is 0 Å². The van der Waals surface area contributed by atoms with E-state index < -0.39 is 0 Å². The minimum atomic E-state index is 0.384. The van der Waals surface area contributed by atoms with Gasteiger partial charge in [-0.15, -0.1) is 0 Å². The lowest BCUT2D eigenvalue weighted by molar-refractivity contribution is -0.921. The molecule has 1 heterocycles. The Balaban J connectivity index is 1.81. The largest absolute Gasteiger partial charge is 0.390 e. The molecule has 0 spiro atoms. The summed E-state index contributed by atoms with van der Waals surface area (Å²) in [6, 6.07) is 0.520. The predicted octanol–water partition coefficient (Wildman–Crippen LogP) is 6.07. The van der Waals surface area contributed by atoms with Crippen molar-refractivity contribution in [2.24, 2.45) is 0 Å². The SMILES string of the molecule is CCCCCCCCCCCCCCCC[N+]1(C)CCC[C@@H]1CO. The number of quaternary nitrogens is 1. The first-order valence-electron chi connectivity index (χ1n) is 11.2. The van der Waals surface area contributed by atoms with Crippen molar-refractivity contribution in [2.45, 2.75) is 116 Å². The fourth-order valence-corrected chi connectivity index (χ4v) is 4.43. The number of hydrogen-bond donors (Lipinski definition) is 1. The molecule has 1 N–H and O–H groups in total. The Morgan fingerprint density at radius 2 is 1.21 bits per heavy atom. The van der Waals surface area contributed by atoms with Crippen LogP contribution >= 0.6 is 0 Å². The number of likely N-dealkylation sites (N-methyl/N-ethyl adjacent to an activating group) is 1. The topological polar surface area (TPSA) is 20.2 Å². The minimum Gasteiger partial charge on any atom is -0.390 e. The van der Waals surface area contributed by atoms with E-state index in [-0.39, 0.29) is 0 Å². The summed E-state index contributed by atoms with van der Waals surface area (Å²) in [5.41, 5.74) is 0. The molecule has 1 unspecified atom stereocenters. The lowest BCUT2D eigenvalue weighted by atomic mass is 10.0. The molecule has 1 saturated heterocycles. The van der Waals surface area contributed by atoms with Crippen LogP contribution in [-0.4, -0.2) is 42.4 Å². The van der Waals surface area contributed by atoms with Crippen molar-refractivity contribution in [2.75, 3.05) is 26.7 Å². The van der Waals surface area contributed by atoms with Crippen LogP contribution in [0.15, 0.2) is 0 Å². The number of unbranched alkanes of at least 4 members (excludes halogenated alkanes) is 13. The zero-order chi connectivity index (χ0) is 17.5. The fourth-order valence-electron chi connectivity index (χ4n) is 4.43. The smallest absolute Gasteiger partial charge is 0.112 e. The third-order valence-corrected chi connectivity index (χ3v) is 6.32. The van der Waals surface area contributed by atoms with Crippen LogP contribution in [0.4, 0.5) is 0 Å². The molecule has 1 rings (SSSR count). The predicted molar refractivity (Wildman–Crippen MR) is 106 cm³/mol. The molecule has 1 fully saturated rings. The Bertz CT molecular complexity index is 281. The van der Waals surface area contributed by atoms with Crippen LogP contribution in [0.5, 0.6) is 0 Å². The normalized spacial score (nSPS) is 23.9. The van der Waals surface area contributed by atoms with Crippen LogP contribution in [0.2, 0.25) is 0 Å². The maximum atomic E-state index is 9.50. The van der Waals surface area contributed by atoms with E-state index in [1.165, 1.54) is 116 Å². The number of nitrogens with zero attached hydrogens (tertiary/aromatic N) is 1. The molecule has 0 bridgehead atoms. The molecular formula is C22H46NO+. The number of aliphatic hydroxyl groups is 1. The van der Waals surface area contributed by atoms with E-state index in [4.69, 9.17) is 0 Å². The van der Waals surface area contributed by atoms with Gasteiger partial charge < -0.3 is 9.59 Å². The van der Waals surface area contributed by atoms with Gasteiger partial charge >= 0.3 is 0 Å². The highest BCUT2D eigenvalue weighted by molar-refractivity contribution is 4.66. The van der Waals surface area contributed by atoms with Crippen LogP contribution in [0.25, 0.3) is 0 Å². The highest BCUT2D eigenvalue weighted by Crippen LogP contribution is 2.25. The van der Waals surface area contributed by atoms with Gasteiger partial charge in [0.15, 0.2) is 0 Å². The average Bonchev–Trinajstić information content (AvgIpc) is 2.96. The Morgan fingerprint density at radius 3 is 1.67 bits per heavy atom. The van der Waals surface area contributed by atoms with Gasteiger partial charge in [0.1, 0.15) is 6.04 Å². The molecular weight excluding hydrogens is 294 g/mol. The molecule has 0 amide bonds. The molecule has 0 aromatic heterocycles. The molecule has 2 heteroatoms. The summed E-state index contributed by atoms with van der Waals surface area (Å²) < 4.78 is 1.13. The zero-order valence-corrected chi connectivity index (χ0v) is 16.9. The Hall–Kier alpha value is -0.0800. The summed E-state index contributed by atoms with van der Waals surface area (Å²) in [6.07, 6.45) is 22.6. The van der Waals surface area contributed by atoms with Gasteiger partial charge in [0.25, 0.3) is 0 Å². The van der Waals surface area contributed by atoms with Crippen molar-refractivity contribution < 1.29 is 9.59 Å². The van der Waals surface area contributed by atoms with E-state index in [0.29, 0.717) is 12.6 Å². The number of aliphatic hydroxyl groups excluding tert-OH is 1. The van der Waals surface area contributed by atoms with Crippen LogP contribution in [0.3, 0.4) is 0 Å². The summed E-state index contributed by atoms with van der Waals surface area (Å²) in [4.78, 5) is 0. The van der Waals surface area contributed by atoms with Gasteiger partial charge in [-0.25, -0.2) is 0 Å². The number of rotatable bonds is 16. The molecule has 0 radical (unpaired) electrons. The van der Waals surface area contributed by atoms with Gasteiger partial charge in [-0.05, 0) is 12.8 Å². The van der Waals surface area contributed by atoms with Crippen molar-refractivity contribution in [3.8, 4) is 0 Å². The third kappa shape index (κ3) is 9.42. The summed E-state index contributed by atoms with van der Waals surface area (Å²) in [5.74, 6) is 0. The third-order valence-electron chi connectivity index (χ3n) is 6.32. The highest BCUT2D eigenvalue weighted by atomic mass is 16.3. The highest BCUT2D eigenvalue weighted by Gasteiger charge is 2.36. The van der Waals surface area contributed by atoms with Gasteiger partial charge in [-0.1, -0.05) is 84.0 Å². The summed E-state index contributed by atoms with van der Waals surface area (Å²) in [7, 11) is 2.36. The average molecular weight is 341 g/mol. The first-order valence-corrected chi connectivity index (χ1v) is 11.2. The molecule has 0 aromatic rings. The van der Waals surface area contributed by atoms with Crippen LogP contribution in [-0.2, 0) is 0 Å². The van der Waals surface area contributed by atoms with Gasteiger partial charge in [0.05, 0.1) is 26.7 Å². The van der Waals surface area contributed by atoms with Crippen LogP contribution in [0, 0.1) is 0 Å². The van der Waals surface area contributed by atoms with Crippen molar-refractivity contribution in [1.29, 1.82) is 0 Å². The Kier molecular flexibility index (Phi) is 12.9. The van der Waals surface area contributed by atoms with Gasteiger partial charge in [0.2, 0.25) is 0 Å². The van der Waals surface area contributed by atoms with E-state index >= 15 is 0 Å². The molecule has 0 aliphatic carbocycles. The molecule has 0 saturated carbocycles. The molecule has 144 valence electrons. The molecule has 1 aliphatic heterocycles. The molecule has 2 atom stereocenters. The maximum absolute atomic E-state index is 9.50.